The predicted octanol–water partition coefficient (Wildman–Crippen LogP) is 1.86. The summed E-state index contributed by atoms with van der Waals surface area (Å²) in [4.78, 5) is 14.9. The highest BCUT2D eigenvalue weighted by atomic mass is 16.5. The number of primary amides is 1. The van der Waals surface area contributed by atoms with Gasteiger partial charge in [-0.2, -0.15) is 0 Å². The number of benzene rings is 1. The van der Waals surface area contributed by atoms with Crippen LogP contribution in [-0.2, 0) is 4.74 Å². The van der Waals surface area contributed by atoms with Crippen molar-refractivity contribution in [1.29, 1.82) is 0 Å². The number of aromatic nitrogens is 1. The number of hydrogen-bond donors (Lipinski definition) is 2. The van der Waals surface area contributed by atoms with E-state index in [9.17, 15) is 4.79 Å². The molecular weight excluding hydrogens is 254 g/mol. The molecule has 5 nitrogen and oxygen atoms in total. The highest BCUT2D eigenvalue weighted by molar-refractivity contribution is 5.64. The fourth-order valence-corrected chi connectivity index (χ4v) is 1.94. The minimum atomic E-state index is -0.763. The number of nitrogens with zero attached hydrogens (tertiary/aromatic N) is 1. The molecule has 0 aliphatic rings. The van der Waals surface area contributed by atoms with Crippen molar-refractivity contribution in [2.24, 2.45) is 5.73 Å². The quantitative estimate of drug-likeness (QED) is 0.786. The van der Waals surface area contributed by atoms with Gasteiger partial charge in [0.1, 0.15) is 6.61 Å². The number of carbonyl (C=O) groups is 1. The summed E-state index contributed by atoms with van der Waals surface area (Å²) in [6.07, 6.45) is 0.994. The largest absolute Gasteiger partial charge is 0.448 e. The van der Waals surface area contributed by atoms with Crippen LogP contribution in [0.2, 0.25) is 0 Å². The van der Waals surface area contributed by atoms with E-state index in [1.807, 2.05) is 48.5 Å². The van der Waals surface area contributed by atoms with Crippen LogP contribution in [0.15, 0.2) is 54.7 Å². The van der Waals surface area contributed by atoms with Crippen molar-refractivity contribution >= 4 is 6.09 Å². The van der Waals surface area contributed by atoms with Crippen molar-refractivity contribution < 1.29 is 9.53 Å². The van der Waals surface area contributed by atoms with Crippen LogP contribution < -0.4 is 11.1 Å². The Morgan fingerprint density at radius 2 is 1.95 bits per heavy atom. The summed E-state index contributed by atoms with van der Waals surface area (Å²) in [5.74, 6) is 0. The van der Waals surface area contributed by atoms with Crippen LogP contribution in [0.3, 0.4) is 0 Å². The van der Waals surface area contributed by atoms with E-state index in [2.05, 4.69) is 10.3 Å². The summed E-state index contributed by atoms with van der Waals surface area (Å²) >= 11 is 0. The zero-order chi connectivity index (χ0) is 14.2. The molecule has 0 aliphatic carbocycles. The third-order valence-corrected chi connectivity index (χ3v) is 2.81. The molecule has 1 amide bonds. The molecular formula is C15H17N3O2. The van der Waals surface area contributed by atoms with Gasteiger partial charge in [0, 0.05) is 12.7 Å². The summed E-state index contributed by atoms with van der Waals surface area (Å²) in [7, 11) is 0. The molecule has 20 heavy (non-hydrogen) atoms. The van der Waals surface area contributed by atoms with E-state index in [0.717, 1.165) is 11.3 Å². The van der Waals surface area contributed by atoms with Gasteiger partial charge in [0.05, 0.1) is 11.7 Å². The molecule has 0 spiro atoms. The lowest BCUT2D eigenvalue weighted by Crippen LogP contribution is -2.28. The van der Waals surface area contributed by atoms with Crippen LogP contribution in [0.1, 0.15) is 17.3 Å². The van der Waals surface area contributed by atoms with E-state index in [-0.39, 0.29) is 12.6 Å². The molecule has 1 unspecified atom stereocenters. The van der Waals surface area contributed by atoms with Crippen molar-refractivity contribution in [1.82, 2.24) is 10.3 Å². The Morgan fingerprint density at radius 1 is 1.20 bits per heavy atom. The number of nitrogens with one attached hydrogen (secondary N) is 1. The number of nitrogens with two attached hydrogens (primary N) is 1. The molecule has 0 aliphatic heterocycles. The molecule has 1 aromatic heterocycles. The average Bonchev–Trinajstić information content (AvgIpc) is 2.49. The normalized spacial score (nSPS) is 11.8. The molecule has 2 aromatic rings. The summed E-state index contributed by atoms with van der Waals surface area (Å²) in [5.41, 5.74) is 6.95. The monoisotopic (exact) mass is 271 g/mol. The summed E-state index contributed by atoms with van der Waals surface area (Å²) < 4.78 is 4.72. The van der Waals surface area contributed by atoms with Gasteiger partial charge in [0.2, 0.25) is 0 Å². The smallest absolute Gasteiger partial charge is 0.404 e. The van der Waals surface area contributed by atoms with Crippen LogP contribution in [0, 0.1) is 0 Å². The topological polar surface area (TPSA) is 77.2 Å². The second-order valence-electron chi connectivity index (χ2n) is 4.22. The minimum absolute atomic E-state index is 0.0473. The van der Waals surface area contributed by atoms with Gasteiger partial charge in [-0.1, -0.05) is 36.4 Å². The zero-order valence-electron chi connectivity index (χ0n) is 11.0. The molecule has 1 aromatic carbocycles. The number of ether oxygens (including phenoxy) is 1. The maximum atomic E-state index is 10.5. The van der Waals surface area contributed by atoms with E-state index in [4.69, 9.17) is 10.5 Å². The molecule has 0 radical (unpaired) electrons. The highest BCUT2D eigenvalue weighted by Gasteiger charge is 2.14. The van der Waals surface area contributed by atoms with Crippen LogP contribution >= 0.6 is 0 Å². The lowest BCUT2D eigenvalue weighted by Gasteiger charge is -2.18. The maximum Gasteiger partial charge on any atom is 0.404 e. The average molecular weight is 271 g/mol. The van der Waals surface area contributed by atoms with Gasteiger partial charge in [-0.25, -0.2) is 4.79 Å². The van der Waals surface area contributed by atoms with Crippen LogP contribution in [-0.4, -0.2) is 24.2 Å². The zero-order valence-corrected chi connectivity index (χ0v) is 11.0. The number of pyridine rings is 1. The van der Waals surface area contributed by atoms with Crippen molar-refractivity contribution in [3.63, 3.8) is 0 Å². The van der Waals surface area contributed by atoms with E-state index < -0.39 is 6.09 Å². The third kappa shape index (κ3) is 4.07. The summed E-state index contributed by atoms with van der Waals surface area (Å²) in [5, 5.41) is 3.31. The number of amides is 1. The standard InChI is InChI=1S/C15H17N3O2/c16-15(19)20-11-10-18-14(12-6-2-1-3-7-12)13-8-4-5-9-17-13/h1-9,14,18H,10-11H2,(H2,16,19). The molecule has 0 bridgehead atoms. The van der Waals surface area contributed by atoms with Gasteiger partial charge in [-0.05, 0) is 17.7 Å². The fraction of sp³-hybridized carbons (Fsp3) is 0.200. The lowest BCUT2D eigenvalue weighted by atomic mass is 10.0. The first-order valence-electron chi connectivity index (χ1n) is 6.39. The number of rotatable bonds is 6. The SMILES string of the molecule is NC(=O)OCCNC(c1ccccc1)c1ccccn1. The second-order valence-corrected chi connectivity index (χ2v) is 4.22. The first kappa shape index (κ1) is 14.0. The molecule has 3 N–H and O–H groups in total. The third-order valence-electron chi connectivity index (χ3n) is 2.81. The molecule has 1 atom stereocenters. The van der Waals surface area contributed by atoms with Crippen molar-refractivity contribution in [2.45, 2.75) is 6.04 Å². The van der Waals surface area contributed by atoms with E-state index in [0.29, 0.717) is 6.54 Å². The molecule has 104 valence electrons. The van der Waals surface area contributed by atoms with Gasteiger partial charge in [0.25, 0.3) is 0 Å². The lowest BCUT2D eigenvalue weighted by molar-refractivity contribution is 0.156. The van der Waals surface area contributed by atoms with Gasteiger partial charge in [0.15, 0.2) is 0 Å². The van der Waals surface area contributed by atoms with Crippen molar-refractivity contribution in [2.75, 3.05) is 13.2 Å². The van der Waals surface area contributed by atoms with E-state index >= 15 is 0 Å². The molecule has 1 heterocycles. The number of hydrogen-bond acceptors (Lipinski definition) is 4. The van der Waals surface area contributed by atoms with Gasteiger partial charge in [-0.15, -0.1) is 0 Å². The van der Waals surface area contributed by atoms with Crippen LogP contribution in [0.25, 0.3) is 0 Å². The predicted molar refractivity (Wildman–Crippen MR) is 76.1 cm³/mol. The van der Waals surface area contributed by atoms with E-state index in [1.54, 1.807) is 6.20 Å². The molecule has 5 heteroatoms. The van der Waals surface area contributed by atoms with Crippen LogP contribution in [0.4, 0.5) is 4.79 Å². The first-order valence-corrected chi connectivity index (χ1v) is 6.39. The molecule has 0 saturated heterocycles. The molecule has 2 rings (SSSR count). The van der Waals surface area contributed by atoms with Gasteiger partial charge in [-0.3, -0.25) is 4.98 Å². The summed E-state index contributed by atoms with van der Waals surface area (Å²) in [6.45, 7) is 0.727. The van der Waals surface area contributed by atoms with Gasteiger partial charge < -0.3 is 15.8 Å². The van der Waals surface area contributed by atoms with Crippen molar-refractivity contribution in [3.8, 4) is 0 Å². The second kappa shape index (κ2) is 7.25. The Bertz CT molecular complexity index is 492. The Labute approximate surface area is 117 Å². The Hall–Kier alpha value is -2.40. The molecule has 0 saturated carbocycles. The van der Waals surface area contributed by atoms with Crippen LogP contribution in [0.5, 0.6) is 0 Å². The summed E-state index contributed by atoms with van der Waals surface area (Å²) in [6, 6.07) is 15.7. The van der Waals surface area contributed by atoms with Gasteiger partial charge >= 0.3 is 6.09 Å². The highest BCUT2D eigenvalue weighted by Crippen LogP contribution is 2.19. The molecule has 0 fully saturated rings. The Balaban J connectivity index is 2.07. The Morgan fingerprint density at radius 3 is 2.60 bits per heavy atom. The van der Waals surface area contributed by atoms with E-state index in [1.165, 1.54) is 0 Å². The first-order chi connectivity index (χ1) is 9.77. The Kier molecular flexibility index (Phi) is 5.08. The maximum absolute atomic E-state index is 10.5. The number of carbonyl (C=O) groups excluding carboxylic acids is 1. The fourth-order valence-electron chi connectivity index (χ4n) is 1.94. The van der Waals surface area contributed by atoms with Crippen molar-refractivity contribution in [3.05, 3.63) is 66.0 Å². The minimum Gasteiger partial charge on any atom is -0.448 e.